The molecule has 0 fully saturated rings. The number of ether oxygens (including phenoxy) is 1. The molecule has 1 atom stereocenters. The van der Waals surface area contributed by atoms with Crippen molar-refractivity contribution in [1.82, 2.24) is 0 Å². The van der Waals surface area contributed by atoms with Crippen molar-refractivity contribution >= 4 is 27.5 Å². The molecule has 0 spiro atoms. The number of hydrogen-bond acceptors (Lipinski definition) is 1. The van der Waals surface area contributed by atoms with Crippen LogP contribution >= 0.6 is 27.5 Å². The predicted octanol–water partition coefficient (Wildman–Crippen LogP) is 5.24. The Morgan fingerprint density at radius 2 is 2.10 bits per heavy atom. The first-order valence-electron chi connectivity index (χ1n) is 6.50. The van der Waals surface area contributed by atoms with E-state index in [1.54, 1.807) is 12.1 Å². The molecule has 0 amide bonds. The fourth-order valence-corrected chi connectivity index (χ4v) is 3.52. The Hall–Kier alpha value is -1.06. The molecule has 0 aromatic heterocycles. The predicted molar refractivity (Wildman–Crippen MR) is 82.1 cm³/mol. The van der Waals surface area contributed by atoms with Crippen LogP contribution in [-0.4, -0.2) is 6.61 Å². The third-order valence-corrected chi connectivity index (χ3v) is 4.64. The summed E-state index contributed by atoms with van der Waals surface area (Å²) in [5.41, 5.74) is 2.51. The molecule has 0 N–H and O–H groups in total. The van der Waals surface area contributed by atoms with E-state index in [2.05, 4.69) is 15.9 Å². The molecule has 1 aliphatic rings. The summed E-state index contributed by atoms with van der Waals surface area (Å²) in [6.45, 7) is 0.759. The Kier molecular flexibility index (Phi) is 3.99. The van der Waals surface area contributed by atoms with Gasteiger partial charge in [-0.2, -0.15) is 0 Å². The average molecular weight is 356 g/mol. The van der Waals surface area contributed by atoms with E-state index in [4.69, 9.17) is 16.3 Å². The maximum Gasteiger partial charge on any atom is 0.129 e. The summed E-state index contributed by atoms with van der Waals surface area (Å²) in [6.07, 6.45) is 1.98. The molecule has 104 valence electrons. The average Bonchev–Trinajstić information content (AvgIpc) is 2.46. The van der Waals surface area contributed by atoms with Gasteiger partial charge in [0.05, 0.1) is 12.0 Å². The molecule has 1 aliphatic heterocycles. The zero-order chi connectivity index (χ0) is 14.1. The molecular formula is C16H13BrClFO. The van der Waals surface area contributed by atoms with Crippen molar-refractivity contribution in [1.29, 1.82) is 0 Å². The van der Waals surface area contributed by atoms with Crippen molar-refractivity contribution in [2.24, 2.45) is 0 Å². The summed E-state index contributed by atoms with van der Waals surface area (Å²) < 4.78 is 20.3. The molecule has 0 aliphatic carbocycles. The lowest BCUT2D eigenvalue weighted by molar-refractivity contribution is 0.288. The van der Waals surface area contributed by atoms with Gasteiger partial charge < -0.3 is 4.74 Å². The molecule has 1 heterocycles. The Bertz CT molecular complexity index is 624. The molecule has 2 aromatic carbocycles. The highest BCUT2D eigenvalue weighted by Crippen LogP contribution is 2.37. The third-order valence-electron chi connectivity index (χ3n) is 3.48. The van der Waals surface area contributed by atoms with Gasteiger partial charge in [-0.1, -0.05) is 34.1 Å². The summed E-state index contributed by atoms with van der Waals surface area (Å²) in [6, 6.07) is 10.7. The highest BCUT2D eigenvalue weighted by Gasteiger charge is 2.20. The lowest BCUT2D eigenvalue weighted by Gasteiger charge is -2.20. The maximum absolute atomic E-state index is 14.0. The number of aryl methyl sites for hydroxylation is 1. The van der Waals surface area contributed by atoms with Gasteiger partial charge in [0.15, 0.2) is 0 Å². The number of halogens is 3. The second kappa shape index (κ2) is 5.74. The number of rotatable bonds is 2. The Balaban J connectivity index is 2.00. The van der Waals surface area contributed by atoms with Gasteiger partial charge in [-0.3, -0.25) is 0 Å². The Morgan fingerprint density at radius 1 is 1.25 bits per heavy atom. The van der Waals surface area contributed by atoms with E-state index in [1.807, 2.05) is 18.2 Å². The van der Waals surface area contributed by atoms with Gasteiger partial charge >= 0.3 is 0 Å². The van der Waals surface area contributed by atoms with Crippen LogP contribution in [0.3, 0.4) is 0 Å². The summed E-state index contributed by atoms with van der Waals surface area (Å²) in [5, 5.41) is -0.516. The van der Waals surface area contributed by atoms with Crippen molar-refractivity contribution in [3.05, 3.63) is 63.4 Å². The monoisotopic (exact) mass is 354 g/mol. The summed E-state index contributed by atoms with van der Waals surface area (Å²) >= 11 is 9.84. The van der Waals surface area contributed by atoms with Gasteiger partial charge in [0.1, 0.15) is 11.6 Å². The van der Waals surface area contributed by atoms with Crippen molar-refractivity contribution in [3.63, 3.8) is 0 Å². The molecule has 0 bridgehead atoms. The van der Waals surface area contributed by atoms with E-state index in [0.717, 1.165) is 36.3 Å². The van der Waals surface area contributed by atoms with Crippen molar-refractivity contribution in [2.75, 3.05) is 6.61 Å². The number of benzene rings is 2. The topological polar surface area (TPSA) is 9.23 Å². The van der Waals surface area contributed by atoms with Gasteiger partial charge in [0.2, 0.25) is 0 Å². The SMILES string of the molecule is Fc1cccc(Br)c1C(Cl)c1ccc2c(c1)CCCO2. The molecule has 0 saturated carbocycles. The van der Waals surface area contributed by atoms with E-state index in [1.165, 1.54) is 6.07 Å². The van der Waals surface area contributed by atoms with Crippen LogP contribution < -0.4 is 4.74 Å². The van der Waals surface area contributed by atoms with Crippen molar-refractivity contribution in [2.45, 2.75) is 18.2 Å². The van der Waals surface area contributed by atoms with Crippen LogP contribution in [0.1, 0.15) is 28.5 Å². The van der Waals surface area contributed by atoms with Gasteiger partial charge in [-0.05, 0) is 42.2 Å². The quantitative estimate of drug-likeness (QED) is 0.669. The molecule has 2 aromatic rings. The van der Waals surface area contributed by atoms with Crippen LogP contribution in [0.15, 0.2) is 40.9 Å². The second-order valence-electron chi connectivity index (χ2n) is 4.82. The highest BCUT2D eigenvalue weighted by atomic mass is 79.9. The smallest absolute Gasteiger partial charge is 0.129 e. The van der Waals surface area contributed by atoms with Crippen LogP contribution in [-0.2, 0) is 6.42 Å². The maximum atomic E-state index is 14.0. The first-order chi connectivity index (χ1) is 9.66. The number of hydrogen-bond donors (Lipinski definition) is 0. The van der Waals surface area contributed by atoms with E-state index < -0.39 is 5.38 Å². The lowest BCUT2D eigenvalue weighted by atomic mass is 9.98. The number of alkyl halides is 1. The minimum absolute atomic E-state index is 0.298. The summed E-state index contributed by atoms with van der Waals surface area (Å²) in [4.78, 5) is 0. The van der Waals surface area contributed by atoms with E-state index in [0.29, 0.717) is 10.0 Å². The molecule has 4 heteroatoms. The van der Waals surface area contributed by atoms with Crippen LogP contribution in [0, 0.1) is 5.82 Å². The minimum Gasteiger partial charge on any atom is -0.493 e. The first-order valence-corrected chi connectivity index (χ1v) is 7.73. The van der Waals surface area contributed by atoms with Gasteiger partial charge in [0, 0.05) is 10.0 Å². The Labute approximate surface area is 130 Å². The largest absolute Gasteiger partial charge is 0.493 e. The van der Waals surface area contributed by atoms with Gasteiger partial charge in [-0.15, -0.1) is 11.6 Å². The van der Waals surface area contributed by atoms with Gasteiger partial charge in [0.25, 0.3) is 0 Å². The normalized spacial score (nSPS) is 15.3. The summed E-state index contributed by atoms with van der Waals surface area (Å²) in [7, 11) is 0. The highest BCUT2D eigenvalue weighted by molar-refractivity contribution is 9.10. The van der Waals surface area contributed by atoms with Crippen molar-refractivity contribution < 1.29 is 9.13 Å². The summed E-state index contributed by atoms with van der Waals surface area (Å²) in [5.74, 6) is 0.616. The van der Waals surface area contributed by atoms with Crippen LogP contribution in [0.5, 0.6) is 5.75 Å². The number of fused-ring (bicyclic) bond motifs is 1. The molecule has 3 rings (SSSR count). The Morgan fingerprint density at radius 3 is 2.90 bits per heavy atom. The molecule has 0 radical (unpaired) electrons. The molecule has 1 nitrogen and oxygen atoms in total. The second-order valence-corrected chi connectivity index (χ2v) is 6.11. The molecule has 0 saturated heterocycles. The molecular weight excluding hydrogens is 343 g/mol. The fraction of sp³-hybridized carbons (Fsp3) is 0.250. The van der Waals surface area contributed by atoms with Crippen LogP contribution in [0.25, 0.3) is 0 Å². The van der Waals surface area contributed by atoms with E-state index in [-0.39, 0.29) is 5.82 Å². The van der Waals surface area contributed by atoms with Crippen LogP contribution in [0.2, 0.25) is 0 Å². The van der Waals surface area contributed by atoms with E-state index in [9.17, 15) is 4.39 Å². The molecule has 20 heavy (non-hydrogen) atoms. The third kappa shape index (κ3) is 2.57. The fourth-order valence-electron chi connectivity index (χ4n) is 2.46. The minimum atomic E-state index is -0.516. The first kappa shape index (κ1) is 13.9. The lowest BCUT2D eigenvalue weighted by Crippen LogP contribution is -2.09. The van der Waals surface area contributed by atoms with E-state index >= 15 is 0 Å². The zero-order valence-corrected chi connectivity index (χ0v) is 13.0. The zero-order valence-electron chi connectivity index (χ0n) is 10.7. The van der Waals surface area contributed by atoms with Crippen molar-refractivity contribution in [3.8, 4) is 5.75 Å². The van der Waals surface area contributed by atoms with Crippen LogP contribution in [0.4, 0.5) is 4.39 Å². The molecule has 1 unspecified atom stereocenters. The van der Waals surface area contributed by atoms with Gasteiger partial charge in [-0.25, -0.2) is 4.39 Å². The standard InChI is InChI=1S/C16H13BrClFO/c17-12-4-1-5-13(19)15(12)16(18)11-6-7-14-10(9-11)3-2-8-20-14/h1,4-7,9,16H,2-3,8H2.